The Hall–Kier alpha value is -2.40. The van der Waals surface area contributed by atoms with Gasteiger partial charge in [-0.15, -0.1) is 0 Å². The number of hydrogen-bond acceptors (Lipinski definition) is 5. The van der Waals surface area contributed by atoms with Gasteiger partial charge in [0.2, 0.25) is 5.56 Å². The highest BCUT2D eigenvalue weighted by atomic mass is 19.4. The molecule has 36 heavy (non-hydrogen) atoms. The molecule has 0 bridgehead atoms. The number of H-pyrrole nitrogens is 1. The summed E-state index contributed by atoms with van der Waals surface area (Å²) in [4.78, 5) is 14.4. The van der Waals surface area contributed by atoms with Crippen LogP contribution in [0.1, 0.15) is 43.0 Å². The first kappa shape index (κ1) is 26.7. The number of nitrogens with zero attached hydrogens (tertiary/aromatic N) is 1. The zero-order chi connectivity index (χ0) is 25.7. The van der Waals surface area contributed by atoms with Crippen LogP contribution in [-0.2, 0) is 38.1 Å². The Morgan fingerprint density at radius 2 is 1.83 bits per heavy atom. The Balaban J connectivity index is 1.39. The molecule has 1 saturated heterocycles. The van der Waals surface area contributed by atoms with Gasteiger partial charge >= 0.3 is 6.18 Å². The van der Waals surface area contributed by atoms with Gasteiger partial charge in [-0.05, 0) is 50.3 Å². The average molecular weight is 511 g/mol. The monoisotopic (exact) mass is 510 g/mol. The number of rotatable bonds is 11. The highest BCUT2D eigenvalue weighted by molar-refractivity contribution is 6.09. The molecule has 0 aliphatic carbocycles. The summed E-state index contributed by atoms with van der Waals surface area (Å²) >= 11 is 0. The molecule has 1 fully saturated rings. The van der Waals surface area contributed by atoms with Gasteiger partial charge in [0.15, 0.2) is 6.29 Å². The molecule has 1 N–H and O–H groups in total. The minimum atomic E-state index is -4.64. The van der Waals surface area contributed by atoms with Gasteiger partial charge in [0, 0.05) is 46.7 Å². The van der Waals surface area contributed by atoms with Gasteiger partial charge in [0.1, 0.15) is 0 Å². The van der Waals surface area contributed by atoms with Crippen LogP contribution in [0.3, 0.4) is 0 Å². The number of pyridine rings is 1. The molecule has 3 aromatic rings. The molecule has 10 heteroatoms. The lowest BCUT2D eigenvalue weighted by Crippen LogP contribution is -2.24. The molecule has 1 aliphatic rings. The maximum atomic E-state index is 13.8. The number of aromatic amines is 1. The Labute approximate surface area is 207 Å². The van der Waals surface area contributed by atoms with Crippen LogP contribution in [0, 0.1) is 6.92 Å². The molecule has 7 nitrogen and oxygen atoms in total. The lowest BCUT2D eigenvalue weighted by molar-refractivity contribution is -0.169. The normalized spacial score (nSPS) is 16.9. The summed E-state index contributed by atoms with van der Waals surface area (Å²) < 4.78 is 65.9. The molecule has 1 aliphatic heterocycles. The Bertz CT molecular complexity index is 1230. The largest absolute Gasteiger partial charge is 0.417 e. The minimum Gasteiger partial charge on any atom is -0.377 e. The summed E-state index contributed by atoms with van der Waals surface area (Å²) in [5, 5.41) is 0.541. The third kappa shape index (κ3) is 5.94. The van der Waals surface area contributed by atoms with Crippen molar-refractivity contribution in [2.45, 2.75) is 58.5 Å². The van der Waals surface area contributed by atoms with Crippen molar-refractivity contribution in [2.24, 2.45) is 0 Å². The maximum absolute atomic E-state index is 13.8. The van der Waals surface area contributed by atoms with E-state index in [0.717, 1.165) is 37.1 Å². The lowest BCUT2D eigenvalue weighted by atomic mass is 10.0. The molecule has 0 saturated carbocycles. The number of halogens is 3. The van der Waals surface area contributed by atoms with Gasteiger partial charge < -0.3 is 28.5 Å². The predicted molar refractivity (Wildman–Crippen MR) is 130 cm³/mol. The van der Waals surface area contributed by atoms with E-state index in [0.29, 0.717) is 63.0 Å². The number of aryl methyl sites for hydroxylation is 1. The van der Waals surface area contributed by atoms with Crippen molar-refractivity contribution in [1.29, 1.82) is 0 Å². The number of benzene rings is 1. The molecule has 1 atom stereocenters. The highest BCUT2D eigenvalue weighted by Gasteiger charge is 2.34. The SMILES string of the molecule is CCc1c(C)c2c3c(C(F)(F)F)cc(=O)[nH]c3ccc2n1CCOCCOCCOC1CCCCO1. The molecule has 2 aromatic heterocycles. The molecule has 198 valence electrons. The first-order chi connectivity index (χ1) is 17.3. The van der Waals surface area contributed by atoms with Gasteiger partial charge in [0.05, 0.1) is 38.6 Å². The molecular weight excluding hydrogens is 477 g/mol. The van der Waals surface area contributed by atoms with Crippen molar-refractivity contribution in [3.05, 3.63) is 45.4 Å². The van der Waals surface area contributed by atoms with Crippen LogP contribution in [0.2, 0.25) is 0 Å². The second-order valence-electron chi connectivity index (χ2n) is 8.90. The van der Waals surface area contributed by atoms with E-state index in [1.165, 1.54) is 0 Å². The van der Waals surface area contributed by atoms with Crippen LogP contribution in [0.5, 0.6) is 0 Å². The maximum Gasteiger partial charge on any atom is 0.417 e. The van der Waals surface area contributed by atoms with E-state index < -0.39 is 17.3 Å². The average Bonchev–Trinajstić information content (AvgIpc) is 3.13. The standard InChI is InChI=1S/C26H33F3N2O5/c1-3-20-17(2)24-21(8-7-19-25(24)18(26(27,28)29)16-22(32)30-19)31(20)9-11-33-12-13-34-14-15-36-23-6-4-5-10-35-23/h7-8,16,23H,3-6,9-15H2,1-2H3,(H,30,32). The summed E-state index contributed by atoms with van der Waals surface area (Å²) in [6.07, 6.45) is -0.996. The van der Waals surface area contributed by atoms with Crippen LogP contribution in [0.4, 0.5) is 13.2 Å². The first-order valence-electron chi connectivity index (χ1n) is 12.4. The van der Waals surface area contributed by atoms with E-state index in [9.17, 15) is 18.0 Å². The minimum absolute atomic E-state index is 0.0284. The van der Waals surface area contributed by atoms with Crippen LogP contribution in [-0.4, -0.2) is 55.5 Å². The highest BCUT2D eigenvalue weighted by Crippen LogP contribution is 2.39. The second kappa shape index (κ2) is 11.8. The Kier molecular flexibility index (Phi) is 8.71. The van der Waals surface area contributed by atoms with Crippen molar-refractivity contribution in [3.63, 3.8) is 0 Å². The first-order valence-corrected chi connectivity index (χ1v) is 12.4. The number of fused-ring (bicyclic) bond motifs is 3. The fourth-order valence-corrected chi connectivity index (χ4v) is 4.94. The number of aromatic nitrogens is 2. The smallest absolute Gasteiger partial charge is 0.377 e. The van der Waals surface area contributed by atoms with Crippen molar-refractivity contribution in [2.75, 3.05) is 39.6 Å². The van der Waals surface area contributed by atoms with Crippen LogP contribution < -0.4 is 5.56 Å². The summed E-state index contributed by atoms with van der Waals surface area (Å²) in [5.74, 6) is 0. The Morgan fingerprint density at radius 3 is 2.53 bits per heavy atom. The van der Waals surface area contributed by atoms with Crippen molar-refractivity contribution < 1.29 is 32.1 Å². The fourth-order valence-electron chi connectivity index (χ4n) is 4.94. The number of alkyl halides is 3. The Morgan fingerprint density at radius 1 is 1.08 bits per heavy atom. The van der Waals surface area contributed by atoms with E-state index in [2.05, 4.69) is 4.98 Å². The summed E-state index contributed by atoms with van der Waals surface area (Å²) in [5.41, 5.74) is 0.905. The van der Waals surface area contributed by atoms with Crippen LogP contribution in [0.15, 0.2) is 23.0 Å². The number of nitrogens with one attached hydrogen (secondary N) is 1. The third-order valence-electron chi connectivity index (χ3n) is 6.55. The number of ether oxygens (including phenoxy) is 4. The van der Waals surface area contributed by atoms with Gasteiger partial charge in [-0.1, -0.05) is 6.92 Å². The quantitative estimate of drug-likeness (QED) is 0.370. The molecule has 0 amide bonds. The van der Waals surface area contributed by atoms with Gasteiger partial charge in [-0.3, -0.25) is 4.79 Å². The summed E-state index contributed by atoms with van der Waals surface area (Å²) in [6.45, 7) is 7.19. The van der Waals surface area contributed by atoms with Crippen molar-refractivity contribution in [1.82, 2.24) is 9.55 Å². The van der Waals surface area contributed by atoms with E-state index in [1.54, 1.807) is 12.1 Å². The topological polar surface area (TPSA) is 74.7 Å². The van der Waals surface area contributed by atoms with Crippen LogP contribution >= 0.6 is 0 Å². The van der Waals surface area contributed by atoms with Crippen molar-refractivity contribution >= 4 is 21.8 Å². The molecule has 4 rings (SSSR count). The van der Waals surface area contributed by atoms with E-state index in [4.69, 9.17) is 18.9 Å². The van der Waals surface area contributed by atoms with Crippen LogP contribution in [0.25, 0.3) is 21.8 Å². The molecule has 1 aromatic carbocycles. The number of hydrogen-bond donors (Lipinski definition) is 1. The van der Waals surface area contributed by atoms with Crippen molar-refractivity contribution in [3.8, 4) is 0 Å². The molecule has 1 unspecified atom stereocenters. The summed E-state index contributed by atoms with van der Waals surface area (Å²) in [6, 6.07) is 3.94. The molecule has 0 radical (unpaired) electrons. The second-order valence-corrected chi connectivity index (χ2v) is 8.90. The molecule has 0 spiro atoms. The van der Waals surface area contributed by atoms with E-state index >= 15 is 0 Å². The third-order valence-corrected chi connectivity index (χ3v) is 6.55. The molecular formula is C26H33F3N2O5. The van der Waals surface area contributed by atoms with Gasteiger partial charge in [0.25, 0.3) is 0 Å². The predicted octanol–water partition coefficient (Wildman–Crippen LogP) is 4.95. The zero-order valence-electron chi connectivity index (χ0n) is 20.7. The lowest BCUT2D eigenvalue weighted by Gasteiger charge is -2.22. The van der Waals surface area contributed by atoms with E-state index in [-0.39, 0.29) is 17.2 Å². The summed E-state index contributed by atoms with van der Waals surface area (Å²) in [7, 11) is 0. The van der Waals surface area contributed by atoms with Gasteiger partial charge in [-0.25, -0.2) is 0 Å². The fraction of sp³-hybridized carbons (Fsp3) is 0.577. The molecule has 3 heterocycles. The zero-order valence-corrected chi connectivity index (χ0v) is 20.7. The van der Waals surface area contributed by atoms with E-state index in [1.807, 2.05) is 18.4 Å². The van der Waals surface area contributed by atoms with Gasteiger partial charge in [-0.2, -0.15) is 13.2 Å².